The number of hydrogen-bond acceptors (Lipinski definition) is 3. The molecule has 0 aliphatic heterocycles. The number of benzene rings is 3. The van der Waals surface area contributed by atoms with Crippen molar-refractivity contribution in [3.8, 4) is 17.1 Å². The van der Waals surface area contributed by atoms with Gasteiger partial charge in [-0.1, -0.05) is 30.3 Å². The van der Waals surface area contributed by atoms with E-state index in [0.717, 1.165) is 52.1 Å². The Balaban J connectivity index is 1.74. The highest BCUT2D eigenvalue weighted by atomic mass is 15.1. The molecule has 148 valence electrons. The Labute approximate surface area is 176 Å². The van der Waals surface area contributed by atoms with Crippen LogP contribution in [0.3, 0.4) is 0 Å². The van der Waals surface area contributed by atoms with Gasteiger partial charge in [-0.15, -0.1) is 0 Å². The summed E-state index contributed by atoms with van der Waals surface area (Å²) in [6, 6.07) is 27.4. The summed E-state index contributed by atoms with van der Waals surface area (Å²) < 4.78 is 2.23. The third-order valence-electron chi connectivity index (χ3n) is 5.67. The van der Waals surface area contributed by atoms with Gasteiger partial charge in [-0.25, -0.2) is 4.98 Å². The van der Waals surface area contributed by atoms with Crippen LogP contribution in [-0.4, -0.2) is 27.6 Å². The Morgan fingerprint density at radius 1 is 0.800 bits per heavy atom. The summed E-state index contributed by atoms with van der Waals surface area (Å²) in [5, 5.41) is 1.12. The standard InChI is InChI=1S/C26H24N4/c1-3-29(4-2)21-16-14-20(15-17-21)26-28-22-11-5-6-12-23(22)30(26)24-13-7-9-19-10-8-18-27-25(19)24/h5-18H,3-4H2,1-2H3. The van der Waals surface area contributed by atoms with Crippen molar-refractivity contribution in [1.29, 1.82) is 0 Å². The smallest absolute Gasteiger partial charge is 0.145 e. The molecule has 0 N–H and O–H groups in total. The van der Waals surface area contributed by atoms with Gasteiger partial charge in [-0.05, 0) is 62.4 Å². The molecule has 0 saturated heterocycles. The molecule has 0 aliphatic carbocycles. The van der Waals surface area contributed by atoms with Gasteiger partial charge >= 0.3 is 0 Å². The molecule has 4 heteroatoms. The molecule has 0 amide bonds. The fourth-order valence-electron chi connectivity index (χ4n) is 4.14. The predicted octanol–water partition coefficient (Wildman–Crippen LogP) is 6.09. The number of hydrogen-bond donors (Lipinski definition) is 0. The molecule has 0 atom stereocenters. The molecule has 2 heterocycles. The average Bonchev–Trinajstić information content (AvgIpc) is 3.19. The van der Waals surface area contributed by atoms with Crippen molar-refractivity contribution >= 4 is 27.6 Å². The highest BCUT2D eigenvalue weighted by Crippen LogP contribution is 2.32. The summed E-state index contributed by atoms with van der Waals surface area (Å²) in [6.07, 6.45) is 1.85. The zero-order valence-electron chi connectivity index (χ0n) is 17.3. The van der Waals surface area contributed by atoms with Gasteiger partial charge in [0.05, 0.1) is 22.2 Å². The summed E-state index contributed by atoms with van der Waals surface area (Å²) in [5.74, 6) is 0.931. The Hall–Kier alpha value is -3.66. The Kier molecular flexibility index (Phi) is 4.68. The molecule has 0 unspecified atom stereocenters. The largest absolute Gasteiger partial charge is 0.372 e. The monoisotopic (exact) mass is 392 g/mol. The Morgan fingerprint density at radius 2 is 1.57 bits per heavy atom. The van der Waals surface area contributed by atoms with Crippen molar-refractivity contribution in [3.05, 3.63) is 85.1 Å². The van der Waals surface area contributed by atoms with Gasteiger partial charge in [0, 0.05) is 35.9 Å². The molecule has 5 aromatic rings. The first-order valence-electron chi connectivity index (χ1n) is 10.5. The van der Waals surface area contributed by atoms with Gasteiger partial charge in [-0.3, -0.25) is 9.55 Å². The molecule has 4 nitrogen and oxygen atoms in total. The highest BCUT2D eigenvalue weighted by molar-refractivity contribution is 5.91. The van der Waals surface area contributed by atoms with Gasteiger partial charge < -0.3 is 4.90 Å². The third-order valence-corrected chi connectivity index (χ3v) is 5.67. The molecule has 0 radical (unpaired) electrons. The summed E-state index contributed by atoms with van der Waals surface area (Å²) in [6.45, 7) is 6.36. The first kappa shape index (κ1) is 18.4. The van der Waals surface area contributed by atoms with Crippen LogP contribution in [0.2, 0.25) is 0 Å². The fourth-order valence-corrected chi connectivity index (χ4v) is 4.14. The first-order chi connectivity index (χ1) is 14.8. The Morgan fingerprint density at radius 3 is 2.37 bits per heavy atom. The molecular formula is C26H24N4. The highest BCUT2D eigenvalue weighted by Gasteiger charge is 2.16. The van der Waals surface area contributed by atoms with Crippen LogP contribution in [0.4, 0.5) is 5.69 Å². The molecule has 0 saturated carbocycles. The second kappa shape index (κ2) is 7.64. The van der Waals surface area contributed by atoms with E-state index < -0.39 is 0 Å². The topological polar surface area (TPSA) is 34.0 Å². The van der Waals surface area contributed by atoms with Crippen molar-refractivity contribution in [1.82, 2.24) is 14.5 Å². The van der Waals surface area contributed by atoms with Gasteiger partial charge in [0.1, 0.15) is 5.82 Å². The quantitative estimate of drug-likeness (QED) is 0.363. The van der Waals surface area contributed by atoms with Crippen LogP contribution in [0.15, 0.2) is 85.1 Å². The normalized spacial score (nSPS) is 11.3. The van der Waals surface area contributed by atoms with Crippen LogP contribution in [-0.2, 0) is 0 Å². The minimum Gasteiger partial charge on any atom is -0.372 e. The van der Waals surface area contributed by atoms with Crippen molar-refractivity contribution in [2.24, 2.45) is 0 Å². The van der Waals surface area contributed by atoms with E-state index in [2.05, 4.69) is 95.0 Å². The maximum Gasteiger partial charge on any atom is 0.145 e. The zero-order chi connectivity index (χ0) is 20.5. The molecular weight excluding hydrogens is 368 g/mol. The van der Waals surface area contributed by atoms with Gasteiger partial charge in [0.15, 0.2) is 0 Å². The number of para-hydroxylation sites is 3. The number of rotatable bonds is 5. The number of fused-ring (bicyclic) bond motifs is 2. The third kappa shape index (κ3) is 3.01. The molecule has 0 aliphatic rings. The second-order valence-corrected chi connectivity index (χ2v) is 7.33. The maximum absolute atomic E-state index is 5.00. The van der Waals surface area contributed by atoms with Crippen LogP contribution in [0.25, 0.3) is 39.0 Å². The van der Waals surface area contributed by atoms with Crippen molar-refractivity contribution < 1.29 is 0 Å². The van der Waals surface area contributed by atoms with E-state index in [9.17, 15) is 0 Å². The van der Waals surface area contributed by atoms with Gasteiger partial charge in [0.25, 0.3) is 0 Å². The van der Waals surface area contributed by atoms with Crippen molar-refractivity contribution in [2.75, 3.05) is 18.0 Å². The zero-order valence-corrected chi connectivity index (χ0v) is 17.3. The predicted molar refractivity (Wildman–Crippen MR) is 125 cm³/mol. The van der Waals surface area contributed by atoms with Crippen LogP contribution < -0.4 is 4.90 Å². The summed E-state index contributed by atoms with van der Waals surface area (Å²) >= 11 is 0. The second-order valence-electron chi connectivity index (χ2n) is 7.33. The Bertz CT molecular complexity index is 1310. The van der Waals surface area contributed by atoms with Crippen LogP contribution in [0.1, 0.15) is 13.8 Å². The molecule has 0 fully saturated rings. The van der Waals surface area contributed by atoms with Crippen molar-refractivity contribution in [3.63, 3.8) is 0 Å². The van der Waals surface area contributed by atoms with Crippen LogP contribution in [0.5, 0.6) is 0 Å². The molecule has 2 aromatic heterocycles. The molecule has 0 spiro atoms. The average molecular weight is 393 g/mol. The number of imidazole rings is 1. The number of pyridine rings is 1. The number of anilines is 1. The van der Waals surface area contributed by atoms with Gasteiger partial charge in [0.2, 0.25) is 0 Å². The number of aromatic nitrogens is 3. The van der Waals surface area contributed by atoms with E-state index in [0.29, 0.717) is 0 Å². The molecule has 30 heavy (non-hydrogen) atoms. The molecule has 0 bridgehead atoms. The summed E-state index contributed by atoms with van der Waals surface area (Å²) in [5.41, 5.74) is 6.41. The lowest BCUT2D eigenvalue weighted by Crippen LogP contribution is -2.21. The lowest BCUT2D eigenvalue weighted by molar-refractivity contribution is 0.866. The van der Waals surface area contributed by atoms with Gasteiger partial charge in [-0.2, -0.15) is 0 Å². The van der Waals surface area contributed by atoms with Crippen LogP contribution >= 0.6 is 0 Å². The van der Waals surface area contributed by atoms with E-state index in [1.165, 1.54) is 5.69 Å². The minimum atomic E-state index is 0.931. The van der Waals surface area contributed by atoms with E-state index in [1.807, 2.05) is 18.3 Å². The summed E-state index contributed by atoms with van der Waals surface area (Å²) in [7, 11) is 0. The summed E-state index contributed by atoms with van der Waals surface area (Å²) in [4.78, 5) is 12.0. The number of nitrogens with zero attached hydrogens (tertiary/aromatic N) is 4. The molecule has 3 aromatic carbocycles. The first-order valence-corrected chi connectivity index (χ1v) is 10.5. The van der Waals surface area contributed by atoms with Crippen LogP contribution in [0, 0.1) is 0 Å². The SMILES string of the molecule is CCN(CC)c1ccc(-c2nc3ccccc3n2-c2cccc3cccnc23)cc1. The lowest BCUT2D eigenvalue weighted by atomic mass is 10.1. The van der Waals surface area contributed by atoms with E-state index >= 15 is 0 Å². The lowest BCUT2D eigenvalue weighted by Gasteiger charge is -2.21. The van der Waals surface area contributed by atoms with E-state index in [-0.39, 0.29) is 0 Å². The minimum absolute atomic E-state index is 0.931. The maximum atomic E-state index is 5.00. The molecule has 5 rings (SSSR count). The van der Waals surface area contributed by atoms with E-state index in [1.54, 1.807) is 0 Å². The van der Waals surface area contributed by atoms with E-state index in [4.69, 9.17) is 4.98 Å². The fraction of sp³-hybridized carbons (Fsp3) is 0.154. The van der Waals surface area contributed by atoms with Crippen molar-refractivity contribution in [2.45, 2.75) is 13.8 Å².